The van der Waals surface area contributed by atoms with Gasteiger partial charge in [0.15, 0.2) is 5.43 Å². The van der Waals surface area contributed by atoms with Crippen molar-refractivity contribution >= 4 is 27.7 Å². The van der Waals surface area contributed by atoms with Crippen LogP contribution in [0.2, 0.25) is 0 Å². The third-order valence-corrected chi connectivity index (χ3v) is 5.53. The Bertz CT molecular complexity index is 1250. The average molecular weight is 417 g/mol. The van der Waals surface area contributed by atoms with Gasteiger partial charge in [-0.15, -0.1) is 0 Å². The van der Waals surface area contributed by atoms with Gasteiger partial charge in [0.1, 0.15) is 12.4 Å². The van der Waals surface area contributed by atoms with Gasteiger partial charge in [0, 0.05) is 17.3 Å². The molecule has 1 unspecified atom stereocenters. The zero-order valence-corrected chi connectivity index (χ0v) is 17.5. The number of amides is 1. The molecule has 0 spiro atoms. The Morgan fingerprint density at radius 2 is 1.58 bits per heavy atom. The van der Waals surface area contributed by atoms with Crippen LogP contribution in [-0.2, 0) is 11.3 Å². The predicted octanol–water partition coefficient (Wildman–Crippen LogP) is 3.71. The summed E-state index contributed by atoms with van der Waals surface area (Å²) in [4.78, 5) is 27.7. The fraction of sp³-hybridized carbons (Fsp3) is 0.200. The molecule has 1 amide bonds. The van der Waals surface area contributed by atoms with Gasteiger partial charge in [0.05, 0.1) is 17.1 Å². The van der Waals surface area contributed by atoms with Gasteiger partial charge in [0.25, 0.3) is 0 Å². The molecule has 4 rings (SSSR count). The molecule has 5 nitrogen and oxygen atoms in total. The smallest absolute Gasteiger partial charge is 0.240 e. The van der Waals surface area contributed by atoms with Gasteiger partial charge >= 0.3 is 0 Å². The number of aromatic nitrogens is 1. The fourth-order valence-corrected chi connectivity index (χ4v) is 3.97. The van der Waals surface area contributed by atoms with E-state index >= 15 is 0 Å². The molecule has 1 aromatic heterocycles. The number of hydrogen-bond donors (Lipinski definition) is 1. The summed E-state index contributed by atoms with van der Waals surface area (Å²) in [6.07, 6.45) is 0. The third kappa shape index (κ3) is 4.20. The Morgan fingerprint density at radius 3 is 2.16 bits per heavy atom. The summed E-state index contributed by atoms with van der Waals surface area (Å²) in [7, 11) is 3.79. The lowest BCUT2D eigenvalue weighted by molar-refractivity contribution is -0.121. The van der Waals surface area contributed by atoms with E-state index in [1.165, 1.54) is 12.1 Å². The summed E-state index contributed by atoms with van der Waals surface area (Å²) >= 11 is 0. The van der Waals surface area contributed by atoms with Gasteiger partial charge in [0.2, 0.25) is 5.91 Å². The number of nitrogens with zero attached hydrogens (tertiary/aromatic N) is 2. The molecule has 1 atom stereocenters. The standard InChI is InChI=1S/C25H24FN3O2/c1-28(2)23(17-8-7-9-18(26)14-17)15-27-24(30)16-29-21-12-5-3-10-19(21)25(31)20-11-4-6-13-22(20)29/h3-14,23H,15-16H2,1-2H3,(H,27,30). The first-order valence-corrected chi connectivity index (χ1v) is 10.1. The Morgan fingerprint density at radius 1 is 0.968 bits per heavy atom. The molecule has 0 aliphatic rings. The fourth-order valence-electron chi connectivity index (χ4n) is 3.97. The first-order valence-electron chi connectivity index (χ1n) is 10.1. The number of halogens is 1. The number of hydrogen-bond acceptors (Lipinski definition) is 3. The summed E-state index contributed by atoms with van der Waals surface area (Å²) in [5.74, 6) is -0.482. The van der Waals surface area contributed by atoms with Gasteiger partial charge in [-0.1, -0.05) is 36.4 Å². The van der Waals surface area contributed by atoms with Crippen molar-refractivity contribution < 1.29 is 9.18 Å². The predicted molar refractivity (Wildman–Crippen MR) is 122 cm³/mol. The van der Waals surface area contributed by atoms with Crippen LogP contribution in [0.15, 0.2) is 77.6 Å². The van der Waals surface area contributed by atoms with Gasteiger partial charge in [-0.25, -0.2) is 4.39 Å². The zero-order chi connectivity index (χ0) is 22.0. The number of carbonyl (C=O) groups excluding carboxylic acids is 1. The summed E-state index contributed by atoms with van der Waals surface area (Å²) < 4.78 is 15.5. The number of carbonyl (C=O) groups is 1. The van der Waals surface area contributed by atoms with Crippen molar-refractivity contribution in [2.24, 2.45) is 0 Å². The molecule has 3 aromatic carbocycles. The number of likely N-dealkylation sites (N-methyl/N-ethyl adjacent to an activating group) is 1. The maximum Gasteiger partial charge on any atom is 0.240 e. The molecular formula is C25H24FN3O2. The average Bonchev–Trinajstić information content (AvgIpc) is 2.76. The van der Waals surface area contributed by atoms with Crippen molar-refractivity contribution in [3.8, 4) is 0 Å². The zero-order valence-electron chi connectivity index (χ0n) is 17.5. The van der Waals surface area contributed by atoms with Crippen LogP contribution in [0.3, 0.4) is 0 Å². The molecule has 0 saturated heterocycles. The van der Waals surface area contributed by atoms with Crippen molar-refractivity contribution in [2.45, 2.75) is 12.6 Å². The van der Waals surface area contributed by atoms with Crippen molar-refractivity contribution in [2.75, 3.05) is 20.6 Å². The maximum atomic E-state index is 13.7. The topological polar surface area (TPSA) is 54.3 Å². The highest BCUT2D eigenvalue weighted by molar-refractivity contribution is 5.94. The summed E-state index contributed by atoms with van der Waals surface area (Å²) in [5.41, 5.74) is 2.19. The van der Waals surface area contributed by atoms with E-state index in [1.807, 2.05) is 66.0 Å². The van der Waals surface area contributed by atoms with Gasteiger partial charge in [-0.3, -0.25) is 9.59 Å². The highest BCUT2D eigenvalue weighted by Crippen LogP contribution is 2.20. The molecule has 158 valence electrons. The highest BCUT2D eigenvalue weighted by Gasteiger charge is 2.17. The molecule has 0 bridgehead atoms. The quantitative estimate of drug-likeness (QED) is 0.487. The summed E-state index contributed by atoms with van der Waals surface area (Å²) in [6.45, 7) is 0.413. The summed E-state index contributed by atoms with van der Waals surface area (Å²) in [5, 5.41) is 4.14. The van der Waals surface area contributed by atoms with Crippen molar-refractivity contribution in [1.29, 1.82) is 0 Å². The van der Waals surface area contributed by atoms with Crippen LogP contribution in [0.4, 0.5) is 4.39 Å². The molecule has 0 fully saturated rings. The Labute approximate surface area is 179 Å². The van der Waals surface area contributed by atoms with Crippen molar-refractivity contribution in [3.05, 3.63) is 94.4 Å². The molecule has 1 heterocycles. The molecular weight excluding hydrogens is 393 g/mol. The largest absolute Gasteiger partial charge is 0.353 e. The SMILES string of the molecule is CN(C)C(CNC(=O)Cn1c2ccccc2c(=O)c2ccccc21)c1cccc(F)c1. The van der Waals surface area contributed by atoms with Crippen molar-refractivity contribution in [1.82, 2.24) is 14.8 Å². The van der Waals surface area contributed by atoms with Crippen LogP contribution in [0.25, 0.3) is 21.8 Å². The lowest BCUT2D eigenvalue weighted by Gasteiger charge is -2.25. The normalized spacial score (nSPS) is 12.4. The lowest BCUT2D eigenvalue weighted by atomic mass is 10.1. The van der Waals surface area contributed by atoms with E-state index in [0.717, 1.165) is 16.6 Å². The Hall–Kier alpha value is -3.51. The molecule has 6 heteroatoms. The second-order valence-corrected chi connectivity index (χ2v) is 7.79. The van der Waals surface area contributed by atoms with Crippen LogP contribution in [0.5, 0.6) is 0 Å². The van der Waals surface area contributed by atoms with Gasteiger partial charge < -0.3 is 14.8 Å². The van der Waals surface area contributed by atoms with E-state index < -0.39 is 0 Å². The van der Waals surface area contributed by atoms with Gasteiger partial charge in [-0.2, -0.15) is 0 Å². The van der Waals surface area contributed by atoms with E-state index in [4.69, 9.17) is 0 Å². The number of pyridine rings is 1. The first kappa shape index (κ1) is 20.8. The van der Waals surface area contributed by atoms with E-state index in [9.17, 15) is 14.0 Å². The molecule has 0 radical (unpaired) electrons. The van der Waals surface area contributed by atoms with E-state index in [0.29, 0.717) is 17.3 Å². The molecule has 0 aliphatic carbocycles. The number of para-hydroxylation sites is 2. The van der Waals surface area contributed by atoms with Gasteiger partial charge in [-0.05, 0) is 56.1 Å². The number of rotatable bonds is 6. The highest BCUT2D eigenvalue weighted by atomic mass is 19.1. The minimum Gasteiger partial charge on any atom is -0.353 e. The molecule has 31 heavy (non-hydrogen) atoms. The molecule has 4 aromatic rings. The third-order valence-electron chi connectivity index (χ3n) is 5.53. The monoisotopic (exact) mass is 417 g/mol. The Balaban J connectivity index is 1.62. The van der Waals surface area contributed by atoms with Crippen LogP contribution >= 0.6 is 0 Å². The molecule has 0 saturated carbocycles. The second kappa shape index (κ2) is 8.70. The Kier molecular flexibility index (Phi) is 5.82. The minimum absolute atomic E-state index is 0.0402. The van der Waals surface area contributed by atoms with Crippen LogP contribution < -0.4 is 10.7 Å². The van der Waals surface area contributed by atoms with E-state index in [2.05, 4.69) is 5.32 Å². The number of benzene rings is 3. The van der Waals surface area contributed by atoms with E-state index in [-0.39, 0.29) is 29.7 Å². The van der Waals surface area contributed by atoms with Crippen molar-refractivity contribution in [3.63, 3.8) is 0 Å². The maximum absolute atomic E-state index is 13.7. The summed E-state index contributed by atoms with van der Waals surface area (Å²) in [6, 6.07) is 20.9. The molecule has 1 N–H and O–H groups in total. The van der Waals surface area contributed by atoms with Crippen LogP contribution in [-0.4, -0.2) is 36.0 Å². The van der Waals surface area contributed by atoms with Crippen LogP contribution in [0, 0.1) is 5.82 Å². The lowest BCUT2D eigenvalue weighted by Crippen LogP contribution is -2.36. The van der Waals surface area contributed by atoms with Crippen LogP contribution in [0.1, 0.15) is 11.6 Å². The number of fused-ring (bicyclic) bond motifs is 2. The minimum atomic E-state index is -0.304. The molecule has 0 aliphatic heterocycles. The number of nitrogens with one attached hydrogen (secondary N) is 1. The second-order valence-electron chi connectivity index (χ2n) is 7.79. The van der Waals surface area contributed by atoms with E-state index in [1.54, 1.807) is 18.2 Å². The first-order chi connectivity index (χ1) is 15.0.